The van der Waals surface area contributed by atoms with E-state index in [0.29, 0.717) is 11.8 Å². The first kappa shape index (κ1) is 21.2. The summed E-state index contributed by atoms with van der Waals surface area (Å²) in [6, 6.07) is 22.9. The number of benzene rings is 2. The smallest absolute Gasteiger partial charge is 0.238 e. The average molecular weight is 429 g/mol. The Bertz CT molecular complexity index is 942. The van der Waals surface area contributed by atoms with Crippen molar-refractivity contribution < 1.29 is 4.79 Å². The molecule has 0 aromatic heterocycles. The Balaban J connectivity index is 1.32. The fraction of sp³-hybridized carbons (Fsp3) is 0.481. The van der Waals surface area contributed by atoms with Crippen molar-refractivity contribution in [3.63, 3.8) is 0 Å². The molecule has 2 aromatic carbocycles. The lowest BCUT2D eigenvalue weighted by Gasteiger charge is -2.37. The first-order valence-corrected chi connectivity index (χ1v) is 11.9. The second-order valence-electron chi connectivity index (χ2n) is 9.71. The maximum atomic E-state index is 12.6. The Morgan fingerprint density at radius 3 is 1.97 bits per heavy atom. The van der Waals surface area contributed by atoms with Gasteiger partial charge in [-0.15, -0.1) is 0 Å². The molecule has 3 fully saturated rings. The highest BCUT2D eigenvalue weighted by Crippen LogP contribution is 2.59. The van der Waals surface area contributed by atoms with Gasteiger partial charge in [0, 0.05) is 31.5 Å². The Morgan fingerprint density at radius 1 is 0.969 bits per heavy atom. The summed E-state index contributed by atoms with van der Waals surface area (Å²) < 4.78 is 0. The molecule has 0 radical (unpaired) electrons. The van der Waals surface area contributed by atoms with Crippen LogP contribution in [0.25, 0.3) is 0 Å². The van der Waals surface area contributed by atoms with Gasteiger partial charge < -0.3 is 10.6 Å². The monoisotopic (exact) mass is 428 g/mol. The fourth-order valence-electron chi connectivity index (χ4n) is 6.53. The minimum absolute atomic E-state index is 0.131. The van der Waals surface area contributed by atoms with E-state index < -0.39 is 11.0 Å². The topological polar surface area (TPSA) is 73.4 Å². The van der Waals surface area contributed by atoms with Gasteiger partial charge in [0.1, 0.15) is 11.0 Å². The van der Waals surface area contributed by atoms with E-state index in [1.165, 1.54) is 6.42 Å². The molecule has 3 aliphatic rings. The molecule has 3 atom stereocenters. The number of nitrogens with zero attached hydrogens (tertiary/aromatic N) is 3. The van der Waals surface area contributed by atoms with Gasteiger partial charge in [-0.05, 0) is 43.5 Å². The second-order valence-corrected chi connectivity index (χ2v) is 9.71. The van der Waals surface area contributed by atoms with Gasteiger partial charge in [0.05, 0.1) is 6.07 Å². The third-order valence-corrected chi connectivity index (χ3v) is 8.22. The number of nitrogens with two attached hydrogens (primary N) is 1. The third kappa shape index (κ3) is 3.25. The van der Waals surface area contributed by atoms with Crippen molar-refractivity contribution in [3.8, 4) is 6.07 Å². The van der Waals surface area contributed by atoms with Crippen LogP contribution in [0.4, 0.5) is 0 Å². The molecule has 1 unspecified atom stereocenters. The molecule has 5 heteroatoms. The molecular weight excluding hydrogens is 396 g/mol. The Labute approximate surface area is 190 Å². The van der Waals surface area contributed by atoms with Crippen molar-refractivity contribution in [2.75, 3.05) is 32.7 Å². The Morgan fingerprint density at radius 2 is 1.50 bits per heavy atom. The molecule has 166 valence electrons. The lowest BCUT2D eigenvalue weighted by Crippen LogP contribution is -2.55. The maximum absolute atomic E-state index is 12.6. The van der Waals surface area contributed by atoms with Crippen molar-refractivity contribution >= 4 is 5.91 Å². The van der Waals surface area contributed by atoms with Gasteiger partial charge in [0.15, 0.2) is 0 Å². The first-order chi connectivity index (χ1) is 15.6. The summed E-state index contributed by atoms with van der Waals surface area (Å²) in [5.41, 5.74) is 6.96. The lowest BCUT2D eigenvalue weighted by atomic mass is 9.73. The zero-order chi connectivity index (χ0) is 22.2. The lowest BCUT2D eigenvalue weighted by molar-refractivity contribution is -0.127. The molecule has 1 amide bonds. The van der Waals surface area contributed by atoms with E-state index in [4.69, 9.17) is 5.73 Å². The second kappa shape index (κ2) is 8.35. The number of amides is 1. The van der Waals surface area contributed by atoms with Crippen LogP contribution < -0.4 is 5.73 Å². The summed E-state index contributed by atoms with van der Waals surface area (Å²) in [5, 5.41) is 10.4. The molecule has 2 saturated heterocycles. The van der Waals surface area contributed by atoms with Crippen LogP contribution in [0.2, 0.25) is 0 Å². The van der Waals surface area contributed by atoms with E-state index in [1.54, 1.807) is 0 Å². The first-order valence-electron chi connectivity index (χ1n) is 11.9. The zero-order valence-electron chi connectivity index (χ0n) is 18.6. The van der Waals surface area contributed by atoms with Crippen molar-refractivity contribution in [2.45, 2.75) is 36.6 Å². The van der Waals surface area contributed by atoms with Crippen molar-refractivity contribution in [3.05, 3.63) is 71.8 Å². The highest BCUT2D eigenvalue weighted by molar-refractivity contribution is 5.90. The van der Waals surface area contributed by atoms with Gasteiger partial charge in [0.2, 0.25) is 5.91 Å². The third-order valence-electron chi connectivity index (χ3n) is 8.22. The fourth-order valence-corrected chi connectivity index (χ4v) is 6.53. The summed E-state index contributed by atoms with van der Waals surface area (Å²) in [5.74, 6) is 0.542. The van der Waals surface area contributed by atoms with Crippen LogP contribution in [-0.2, 0) is 10.2 Å². The number of fused-ring (bicyclic) bond motifs is 1. The Kier molecular flexibility index (Phi) is 5.53. The van der Waals surface area contributed by atoms with Crippen molar-refractivity contribution in [1.82, 2.24) is 9.80 Å². The number of carbonyl (C=O) groups is 1. The number of hydrogen-bond acceptors (Lipinski definition) is 4. The van der Waals surface area contributed by atoms with Gasteiger partial charge in [0.25, 0.3) is 0 Å². The van der Waals surface area contributed by atoms with Crippen LogP contribution in [0.15, 0.2) is 60.7 Å². The molecule has 2 heterocycles. The van der Waals surface area contributed by atoms with Gasteiger partial charge in [-0.3, -0.25) is 9.69 Å². The Hall–Kier alpha value is -2.68. The van der Waals surface area contributed by atoms with E-state index in [1.807, 2.05) is 36.4 Å². The maximum Gasteiger partial charge on any atom is 0.238 e. The molecule has 5 nitrogen and oxygen atoms in total. The van der Waals surface area contributed by atoms with Crippen LogP contribution in [0.1, 0.15) is 36.8 Å². The van der Waals surface area contributed by atoms with E-state index in [-0.39, 0.29) is 5.91 Å². The number of hydrogen-bond donors (Lipinski definition) is 1. The molecule has 2 aliphatic heterocycles. The van der Waals surface area contributed by atoms with E-state index >= 15 is 0 Å². The molecule has 5 rings (SSSR count). The molecule has 2 N–H and O–H groups in total. The number of rotatable bonds is 7. The standard InChI is InChI=1S/C27H32N4O/c28-20-26(21-10-4-1-5-11-21,22-12-6-2-7-13-22)14-17-30-18-23-24(19-30)27(23,25(29)32)31-15-8-3-9-16-31/h1-2,4-7,10-13,23-24H,3,8-9,14-19H2,(H2,29,32)/t23-,24+,27?. The highest BCUT2D eigenvalue weighted by atomic mass is 16.2. The zero-order valence-corrected chi connectivity index (χ0v) is 18.6. The number of likely N-dealkylation sites (tertiary alicyclic amines) is 2. The molecule has 0 spiro atoms. The minimum Gasteiger partial charge on any atom is -0.368 e. The molecule has 1 aliphatic carbocycles. The number of nitriles is 1. The number of carbonyl (C=O) groups excluding carboxylic acids is 1. The summed E-state index contributed by atoms with van der Waals surface area (Å²) >= 11 is 0. The van der Waals surface area contributed by atoms with E-state index in [9.17, 15) is 10.1 Å². The van der Waals surface area contributed by atoms with Crippen LogP contribution in [0.5, 0.6) is 0 Å². The summed E-state index contributed by atoms with van der Waals surface area (Å²) in [6.07, 6.45) is 4.31. The van der Waals surface area contributed by atoms with Crippen LogP contribution in [0, 0.1) is 23.2 Å². The summed E-state index contributed by atoms with van der Waals surface area (Å²) in [4.78, 5) is 17.4. The van der Waals surface area contributed by atoms with Crippen LogP contribution in [0.3, 0.4) is 0 Å². The van der Waals surface area contributed by atoms with Crippen LogP contribution in [-0.4, -0.2) is 54.0 Å². The minimum atomic E-state index is -0.678. The van der Waals surface area contributed by atoms with E-state index in [2.05, 4.69) is 40.1 Å². The highest BCUT2D eigenvalue weighted by Gasteiger charge is 2.74. The van der Waals surface area contributed by atoms with Crippen LogP contribution >= 0.6 is 0 Å². The predicted octanol–water partition coefficient (Wildman–Crippen LogP) is 3.16. The largest absolute Gasteiger partial charge is 0.368 e. The van der Waals surface area contributed by atoms with E-state index in [0.717, 1.165) is 63.1 Å². The SMILES string of the molecule is N#CC(CCN1C[C@@H]2[C@H](C1)C2(C(N)=O)N1CCCCC1)(c1ccccc1)c1ccccc1. The van der Waals surface area contributed by atoms with Gasteiger partial charge in [-0.25, -0.2) is 0 Å². The molecule has 2 aromatic rings. The van der Waals surface area contributed by atoms with Crippen molar-refractivity contribution in [2.24, 2.45) is 17.6 Å². The summed E-state index contributed by atoms with van der Waals surface area (Å²) in [6.45, 7) is 4.62. The van der Waals surface area contributed by atoms with Gasteiger partial charge in [-0.1, -0.05) is 67.1 Å². The molecule has 1 saturated carbocycles. The summed E-state index contributed by atoms with van der Waals surface area (Å²) in [7, 11) is 0. The van der Waals surface area contributed by atoms with Gasteiger partial charge >= 0.3 is 0 Å². The number of piperidine rings is 2. The van der Waals surface area contributed by atoms with Crippen molar-refractivity contribution in [1.29, 1.82) is 5.26 Å². The normalized spacial score (nSPS) is 28.1. The van der Waals surface area contributed by atoms with Gasteiger partial charge in [-0.2, -0.15) is 5.26 Å². The predicted molar refractivity (Wildman–Crippen MR) is 125 cm³/mol. The molecular formula is C27H32N4O. The molecule has 32 heavy (non-hydrogen) atoms. The number of primary amides is 1. The average Bonchev–Trinajstić information content (AvgIpc) is 3.27. The quantitative estimate of drug-likeness (QED) is 0.735. The molecule has 0 bridgehead atoms.